The number of pyridine rings is 1. The highest BCUT2D eigenvalue weighted by Gasteiger charge is 2.17. The summed E-state index contributed by atoms with van der Waals surface area (Å²) in [7, 11) is 0. The molecule has 0 aliphatic carbocycles. The molecule has 0 aliphatic rings. The van der Waals surface area contributed by atoms with Crippen LogP contribution in [0.4, 0.5) is 5.95 Å². The van der Waals surface area contributed by atoms with E-state index in [-0.39, 0.29) is 11.6 Å². The fourth-order valence-electron chi connectivity index (χ4n) is 3.44. The number of aromatic nitrogens is 5. The SMILES string of the molecule is C[C@H](Nc1ncc2ccc(=O)n(Cc3ccccc3)c2n1)c1nc(-c2ccc(Cl)cc2)no1. The molecule has 5 rings (SSSR count). The van der Waals surface area contributed by atoms with Gasteiger partial charge in [0.15, 0.2) is 0 Å². The van der Waals surface area contributed by atoms with Crippen LogP contribution in [0.5, 0.6) is 0 Å². The Morgan fingerprint density at radius 2 is 1.82 bits per heavy atom. The van der Waals surface area contributed by atoms with Crippen LogP contribution in [0.3, 0.4) is 0 Å². The van der Waals surface area contributed by atoms with Crippen LogP contribution in [0, 0.1) is 0 Å². The van der Waals surface area contributed by atoms with Gasteiger partial charge in [-0.25, -0.2) is 4.98 Å². The number of rotatable bonds is 6. The minimum Gasteiger partial charge on any atom is -0.343 e. The Morgan fingerprint density at radius 3 is 2.61 bits per heavy atom. The van der Waals surface area contributed by atoms with Crippen LogP contribution in [0.25, 0.3) is 22.4 Å². The summed E-state index contributed by atoms with van der Waals surface area (Å²) in [5.74, 6) is 1.21. The normalized spacial score (nSPS) is 12.1. The summed E-state index contributed by atoms with van der Waals surface area (Å²) in [4.78, 5) is 26.0. The second kappa shape index (κ2) is 8.84. The molecule has 0 saturated heterocycles. The van der Waals surface area contributed by atoms with Gasteiger partial charge < -0.3 is 9.84 Å². The van der Waals surface area contributed by atoms with Crippen LogP contribution in [-0.2, 0) is 6.54 Å². The van der Waals surface area contributed by atoms with Crippen LogP contribution in [0.2, 0.25) is 5.02 Å². The Labute approximate surface area is 193 Å². The van der Waals surface area contributed by atoms with Crippen molar-refractivity contribution in [3.63, 3.8) is 0 Å². The molecule has 2 aromatic carbocycles. The molecule has 33 heavy (non-hydrogen) atoms. The summed E-state index contributed by atoms with van der Waals surface area (Å²) in [6, 6.07) is 19.9. The van der Waals surface area contributed by atoms with Crippen molar-refractivity contribution in [3.05, 3.63) is 99.8 Å². The van der Waals surface area contributed by atoms with Crippen molar-refractivity contribution in [1.29, 1.82) is 0 Å². The van der Waals surface area contributed by atoms with Crippen molar-refractivity contribution in [2.75, 3.05) is 5.32 Å². The lowest BCUT2D eigenvalue weighted by molar-refractivity contribution is 0.367. The van der Waals surface area contributed by atoms with Crippen LogP contribution in [0.15, 0.2) is 82.2 Å². The fraction of sp³-hybridized carbons (Fsp3) is 0.125. The van der Waals surface area contributed by atoms with E-state index in [0.717, 1.165) is 16.5 Å². The quantitative estimate of drug-likeness (QED) is 0.393. The van der Waals surface area contributed by atoms with Gasteiger partial charge in [-0.15, -0.1) is 0 Å². The van der Waals surface area contributed by atoms with Gasteiger partial charge in [0, 0.05) is 28.2 Å². The molecule has 1 atom stereocenters. The lowest BCUT2D eigenvalue weighted by atomic mass is 10.2. The van der Waals surface area contributed by atoms with E-state index in [1.807, 2.05) is 49.4 Å². The smallest absolute Gasteiger partial charge is 0.252 e. The average molecular weight is 459 g/mol. The highest BCUT2D eigenvalue weighted by Crippen LogP contribution is 2.22. The molecule has 0 bridgehead atoms. The first-order chi connectivity index (χ1) is 16.1. The highest BCUT2D eigenvalue weighted by molar-refractivity contribution is 6.30. The molecule has 8 nitrogen and oxygen atoms in total. The maximum absolute atomic E-state index is 12.6. The first kappa shape index (κ1) is 20.8. The van der Waals surface area contributed by atoms with Crippen LogP contribution in [0.1, 0.15) is 24.4 Å². The van der Waals surface area contributed by atoms with E-state index in [1.54, 1.807) is 29.0 Å². The molecule has 5 aromatic rings. The molecule has 0 saturated carbocycles. The zero-order chi connectivity index (χ0) is 22.8. The molecule has 0 amide bonds. The molecule has 0 radical (unpaired) electrons. The third kappa shape index (κ3) is 4.47. The van der Waals surface area contributed by atoms with Crippen molar-refractivity contribution in [1.82, 2.24) is 24.7 Å². The number of nitrogens with zero attached hydrogens (tertiary/aromatic N) is 5. The molecular formula is C24H19ClN6O2. The molecule has 0 aliphatic heterocycles. The van der Waals surface area contributed by atoms with E-state index in [9.17, 15) is 4.79 Å². The second-order valence-electron chi connectivity index (χ2n) is 7.55. The van der Waals surface area contributed by atoms with E-state index in [1.165, 1.54) is 6.07 Å². The van der Waals surface area contributed by atoms with Crippen LogP contribution >= 0.6 is 11.6 Å². The van der Waals surface area contributed by atoms with Crippen molar-refractivity contribution in [2.24, 2.45) is 0 Å². The Hall–Kier alpha value is -4.04. The zero-order valence-electron chi connectivity index (χ0n) is 17.6. The lowest BCUT2D eigenvalue weighted by Gasteiger charge is -2.13. The summed E-state index contributed by atoms with van der Waals surface area (Å²) in [6.07, 6.45) is 1.69. The molecule has 0 spiro atoms. The third-order valence-electron chi connectivity index (χ3n) is 5.17. The summed E-state index contributed by atoms with van der Waals surface area (Å²) in [5.41, 5.74) is 2.22. The summed E-state index contributed by atoms with van der Waals surface area (Å²) >= 11 is 5.94. The average Bonchev–Trinajstić information content (AvgIpc) is 3.33. The molecule has 164 valence electrons. The van der Waals surface area contributed by atoms with E-state index >= 15 is 0 Å². The van der Waals surface area contributed by atoms with Gasteiger partial charge in [-0.1, -0.05) is 47.1 Å². The molecule has 0 unspecified atom stereocenters. The van der Waals surface area contributed by atoms with Gasteiger partial charge in [-0.3, -0.25) is 9.36 Å². The van der Waals surface area contributed by atoms with E-state index in [0.29, 0.717) is 34.9 Å². The van der Waals surface area contributed by atoms with E-state index < -0.39 is 0 Å². The zero-order valence-corrected chi connectivity index (χ0v) is 18.4. The monoisotopic (exact) mass is 458 g/mol. The largest absolute Gasteiger partial charge is 0.343 e. The predicted octanol–water partition coefficient (Wildman–Crippen LogP) is 4.72. The number of nitrogens with one attached hydrogen (secondary N) is 1. The number of anilines is 1. The summed E-state index contributed by atoms with van der Waals surface area (Å²) in [6.45, 7) is 2.28. The predicted molar refractivity (Wildman–Crippen MR) is 126 cm³/mol. The van der Waals surface area contributed by atoms with Gasteiger partial charge in [0.05, 0.1) is 6.54 Å². The topological polar surface area (TPSA) is 98.7 Å². The van der Waals surface area contributed by atoms with Crippen LogP contribution < -0.4 is 10.9 Å². The van der Waals surface area contributed by atoms with E-state index in [2.05, 4.69) is 25.4 Å². The maximum Gasteiger partial charge on any atom is 0.252 e. The van der Waals surface area contributed by atoms with Gasteiger partial charge in [0.2, 0.25) is 17.7 Å². The van der Waals surface area contributed by atoms with Crippen molar-refractivity contribution < 1.29 is 4.52 Å². The highest BCUT2D eigenvalue weighted by atomic mass is 35.5. The number of hydrogen-bond donors (Lipinski definition) is 1. The Balaban J connectivity index is 1.41. The molecule has 0 fully saturated rings. The minimum atomic E-state index is -0.353. The number of halogens is 1. The number of fused-ring (bicyclic) bond motifs is 1. The Morgan fingerprint density at radius 1 is 1.03 bits per heavy atom. The van der Waals surface area contributed by atoms with E-state index in [4.69, 9.17) is 16.1 Å². The first-order valence-electron chi connectivity index (χ1n) is 10.3. The molecule has 9 heteroatoms. The van der Waals surface area contributed by atoms with Gasteiger partial charge in [0.1, 0.15) is 11.7 Å². The maximum atomic E-state index is 12.6. The lowest BCUT2D eigenvalue weighted by Crippen LogP contribution is -2.21. The second-order valence-corrected chi connectivity index (χ2v) is 7.98. The van der Waals surface area contributed by atoms with Gasteiger partial charge in [-0.05, 0) is 42.8 Å². The van der Waals surface area contributed by atoms with Crippen molar-refractivity contribution in [2.45, 2.75) is 19.5 Å². The van der Waals surface area contributed by atoms with Crippen molar-refractivity contribution in [3.8, 4) is 11.4 Å². The fourth-order valence-corrected chi connectivity index (χ4v) is 3.57. The van der Waals surface area contributed by atoms with Crippen LogP contribution in [-0.4, -0.2) is 24.7 Å². The minimum absolute atomic E-state index is 0.131. The number of benzene rings is 2. The molecule has 3 aromatic heterocycles. The first-order valence-corrected chi connectivity index (χ1v) is 10.7. The third-order valence-corrected chi connectivity index (χ3v) is 5.42. The Bertz CT molecular complexity index is 1460. The van der Waals surface area contributed by atoms with Gasteiger partial charge >= 0.3 is 0 Å². The van der Waals surface area contributed by atoms with Gasteiger partial charge in [0.25, 0.3) is 5.56 Å². The molecule has 1 N–H and O–H groups in total. The molecular weight excluding hydrogens is 440 g/mol. The Kier molecular flexibility index (Phi) is 5.58. The summed E-state index contributed by atoms with van der Waals surface area (Å²) < 4.78 is 7.06. The number of hydrogen-bond acceptors (Lipinski definition) is 7. The summed E-state index contributed by atoms with van der Waals surface area (Å²) in [5, 5.41) is 8.63. The van der Waals surface area contributed by atoms with Crippen molar-refractivity contribution >= 4 is 28.6 Å². The van der Waals surface area contributed by atoms with Gasteiger partial charge in [-0.2, -0.15) is 9.97 Å². The standard InChI is InChI=1S/C24H19ClN6O2/c1-15(23-28-21(30-33-23)17-7-10-19(25)11-8-17)27-24-26-13-18-9-12-20(32)31(22(18)29-24)14-16-5-3-2-4-6-16/h2-13,15H,14H2,1H3,(H,26,27,29)/t15-/m0/s1. The molecule has 3 heterocycles.